The zero-order chi connectivity index (χ0) is 20.8. The van der Waals surface area contributed by atoms with Gasteiger partial charge in [0.05, 0.1) is 30.8 Å². The third-order valence-electron chi connectivity index (χ3n) is 4.14. The quantitative estimate of drug-likeness (QED) is 0.576. The average molecular weight is 434 g/mol. The number of halogens is 1. The van der Waals surface area contributed by atoms with Crippen LogP contribution in [0.5, 0.6) is 11.5 Å². The first-order valence-electron chi connectivity index (χ1n) is 8.72. The van der Waals surface area contributed by atoms with E-state index in [2.05, 4.69) is 5.32 Å². The summed E-state index contributed by atoms with van der Waals surface area (Å²) in [6.45, 7) is 0.240. The number of hydrogen-bond donors (Lipinski definition) is 1. The zero-order valence-corrected chi connectivity index (χ0v) is 17.5. The van der Waals surface area contributed by atoms with Gasteiger partial charge in [0.1, 0.15) is 5.76 Å². The van der Waals surface area contributed by atoms with Crippen molar-refractivity contribution in [3.05, 3.63) is 76.7 Å². The molecule has 29 heavy (non-hydrogen) atoms. The number of carbonyl (C=O) groups is 1. The lowest BCUT2D eigenvalue weighted by atomic mass is 10.2. The van der Waals surface area contributed by atoms with E-state index >= 15 is 0 Å². The Morgan fingerprint density at radius 1 is 1.10 bits per heavy atom. The van der Waals surface area contributed by atoms with E-state index in [0.29, 0.717) is 27.2 Å². The highest BCUT2D eigenvalue weighted by atomic mass is 35.5. The van der Waals surface area contributed by atoms with Gasteiger partial charge in [-0.05, 0) is 36.4 Å². The molecule has 0 radical (unpaired) electrons. The topological polar surface area (TPSA) is 77.8 Å². The maximum absolute atomic E-state index is 12.5. The number of ether oxygens (including phenoxy) is 2. The van der Waals surface area contributed by atoms with Gasteiger partial charge in [0.15, 0.2) is 17.3 Å². The third-order valence-corrected chi connectivity index (χ3v) is 5.70. The molecule has 0 fully saturated rings. The molecule has 152 valence electrons. The second kappa shape index (κ2) is 9.62. The van der Waals surface area contributed by atoms with Crippen molar-refractivity contribution in [2.75, 3.05) is 14.2 Å². The molecule has 8 heteroatoms. The summed E-state index contributed by atoms with van der Waals surface area (Å²) in [6, 6.07) is 15.5. The van der Waals surface area contributed by atoms with Gasteiger partial charge in [0.25, 0.3) is 5.91 Å². The summed E-state index contributed by atoms with van der Waals surface area (Å²) in [5.41, 5.74) is 0.772. The van der Waals surface area contributed by atoms with E-state index < -0.39 is 10.8 Å². The number of amides is 1. The van der Waals surface area contributed by atoms with Gasteiger partial charge in [0.2, 0.25) is 0 Å². The maximum atomic E-state index is 12.5. The van der Waals surface area contributed by atoms with E-state index in [1.54, 1.807) is 56.7 Å². The van der Waals surface area contributed by atoms with Crippen molar-refractivity contribution >= 4 is 28.3 Å². The average Bonchev–Trinajstić information content (AvgIpc) is 3.20. The first-order valence-corrected chi connectivity index (χ1v) is 10.4. The second-order valence-electron chi connectivity index (χ2n) is 6.05. The van der Waals surface area contributed by atoms with Gasteiger partial charge >= 0.3 is 0 Å². The van der Waals surface area contributed by atoms with E-state index in [1.807, 2.05) is 12.1 Å². The van der Waals surface area contributed by atoms with Crippen LogP contribution >= 0.6 is 11.6 Å². The van der Waals surface area contributed by atoms with Crippen LogP contribution in [-0.4, -0.2) is 24.3 Å². The third kappa shape index (κ3) is 5.19. The van der Waals surface area contributed by atoms with Crippen LogP contribution in [0.15, 0.2) is 63.9 Å². The molecule has 0 aliphatic carbocycles. The maximum Gasteiger partial charge on any atom is 0.287 e. The molecule has 0 bridgehead atoms. The number of carbonyl (C=O) groups excluding carboxylic acids is 1. The molecule has 1 aromatic heterocycles. The van der Waals surface area contributed by atoms with E-state index in [-0.39, 0.29) is 24.0 Å². The lowest BCUT2D eigenvalue weighted by Crippen LogP contribution is -2.22. The summed E-state index contributed by atoms with van der Waals surface area (Å²) >= 11 is 5.94. The minimum atomic E-state index is -1.33. The SMILES string of the molecule is COc1cccc(CNC(=O)c2ccc(CS(=O)c3cccc(Cl)c3)o2)c1OC. The van der Waals surface area contributed by atoms with Crippen molar-refractivity contribution < 1.29 is 22.9 Å². The van der Waals surface area contributed by atoms with Gasteiger partial charge in [-0.25, -0.2) is 0 Å². The number of nitrogens with one attached hydrogen (secondary N) is 1. The summed E-state index contributed by atoms with van der Waals surface area (Å²) in [5.74, 6) is 1.51. The molecule has 1 atom stereocenters. The number of para-hydroxylation sites is 1. The molecule has 3 aromatic rings. The molecule has 0 spiro atoms. The number of rotatable bonds is 8. The molecular weight excluding hydrogens is 414 g/mol. The lowest BCUT2D eigenvalue weighted by molar-refractivity contribution is 0.0921. The summed E-state index contributed by atoms with van der Waals surface area (Å²) in [5, 5.41) is 3.30. The van der Waals surface area contributed by atoms with E-state index in [0.717, 1.165) is 5.56 Å². The van der Waals surface area contributed by atoms with Gasteiger partial charge in [-0.3, -0.25) is 9.00 Å². The fourth-order valence-corrected chi connectivity index (χ4v) is 4.08. The highest BCUT2D eigenvalue weighted by Crippen LogP contribution is 2.30. The molecule has 1 heterocycles. The predicted octanol–water partition coefficient (Wildman–Crippen LogP) is 4.19. The molecule has 0 aliphatic heterocycles. The molecule has 1 amide bonds. The zero-order valence-electron chi connectivity index (χ0n) is 15.9. The molecule has 0 saturated carbocycles. The summed E-state index contributed by atoms with van der Waals surface area (Å²) in [7, 11) is 1.77. The Kier molecular flexibility index (Phi) is 6.95. The van der Waals surface area contributed by atoms with Gasteiger partial charge in [-0.15, -0.1) is 0 Å². The summed E-state index contributed by atoms with van der Waals surface area (Å²) < 4.78 is 28.6. The first kappa shape index (κ1) is 21.0. The van der Waals surface area contributed by atoms with Crippen molar-refractivity contribution in [3.8, 4) is 11.5 Å². The highest BCUT2D eigenvalue weighted by Gasteiger charge is 2.15. The molecule has 3 rings (SSSR count). The van der Waals surface area contributed by atoms with Crippen molar-refractivity contribution in [2.24, 2.45) is 0 Å². The second-order valence-corrected chi connectivity index (χ2v) is 7.94. The molecule has 0 aliphatic rings. The standard InChI is InChI=1S/C21H20ClNO5S/c1-26-18-8-3-5-14(20(18)27-2)12-23-21(24)19-10-9-16(28-19)13-29(25)17-7-4-6-15(22)11-17/h3-11H,12-13H2,1-2H3,(H,23,24). The van der Waals surface area contributed by atoms with Gasteiger partial charge in [-0.2, -0.15) is 0 Å². The molecule has 0 saturated heterocycles. The predicted molar refractivity (Wildman–Crippen MR) is 111 cm³/mol. The van der Waals surface area contributed by atoms with Gasteiger partial charge in [-0.1, -0.05) is 29.8 Å². The van der Waals surface area contributed by atoms with Crippen molar-refractivity contribution in [1.82, 2.24) is 5.32 Å². The van der Waals surface area contributed by atoms with Crippen molar-refractivity contribution in [3.63, 3.8) is 0 Å². The van der Waals surface area contributed by atoms with Crippen molar-refractivity contribution in [1.29, 1.82) is 0 Å². The Hall–Kier alpha value is -2.77. The fourth-order valence-electron chi connectivity index (χ4n) is 2.75. The van der Waals surface area contributed by atoms with Gasteiger partial charge < -0.3 is 19.2 Å². The lowest BCUT2D eigenvalue weighted by Gasteiger charge is -2.12. The molecule has 2 aromatic carbocycles. The minimum Gasteiger partial charge on any atom is -0.493 e. The van der Waals surface area contributed by atoms with Crippen molar-refractivity contribution in [2.45, 2.75) is 17.2 Å². The van der Waals surface area contributed by atoms with E-state index in [4.69, 9.17) is 25.5 Å². The molecule has 1 N–H and O–H groups in total. The fraction of sp³-hybridized carbons (Fsp3) is 0.190. The van der Waals surface area contributed by atoms with Crippen LogP contribution in [0.25, 0.3) is 0 Å². The molecule has 6 nitrogen and oxygen atoms in total. The number of methoxy groups -OCH3 is 2. The molecule has 1 unspecified atom stereocenters. The van der Waals surface area contributed by atoms with Crippen LogP contribution in [0.1, 0.15) is 21.9 Å². The Morgan fingerprint density at radius 2 is 1.90 bits per heavy atom. The Morgan fingerprint density at radius 3 is 2.62 bits per heavy atom. The Balaban J connectivity index is 1.63. The van der Waals surface area contributed by atoms with Crippen LogP contribution in [0.2, 0.25) is 5.02 Å². The number of furan rings is 1. The monoisotopic (exact) mass is 433 g/mol. The number of benzene rings is 2. The number of hydrogen-bond acceptors (Lipinski definition) is 5. The van der Waals surface area contributed by atoms with Crippen LogP contribution in [-0.2, 0) is 23.1 Å². The minimum absolute atomic E-state index is 0.143. The Labute approximate surface area is 176 Å². The van der Waals surface area contributed by atoms with Crippen LogP contribution in [0.3, 0.4) is 0 Å². The van der Waals surface area contributed by atoms with Crippen LogP contribution in [0, 0.1) is 0 Å². The van der Waals surface area contributed by atoms with Crippen LogP contribution in [0.4, 0.5) is 0 Å². The summed E-state index contributed by atoms with van der Waals surface area (Å²) in [6.07, 6.45) is 0. The van der Waals surface area contributed by atoms with E-state index in [1.165, 1.54) is 0 Å². The van der Waals surface area contributed by atoms with E-state index in [9.17, 15) is 9.00 Å². The summed E-state index contributed by atoms with van der Waals surface area (Å²) in [4.78, 5) is 13.0. The molecular formula is C21H20ClNO5S. The highest BCUT2D eigenvalue weighted by molar-refractivity contribution is 7.84. The van der Waals surface area contributed by atoms with Crippen LogP contribution < -0.4 is 14.8 Å². The largest absolute Gasteiger partial charge is 0.493 e. The first-order chi connectivity index (χ1) is 14.0. The smallest absolute Gasteiger partial charge is 0.287 e. The van der Waals surface area contributed by atoms with Gasteiger partial charge in [0, 0.05) is 22.0 Å². The normalized spacial score (nSPS) is 11.7. The Bertz CT molecular complexity index is 1030.